The van der Waals surface area contributed by atoms with Gasteiger partial charge in [0.1, 0.15) is 0 Å². The van der Waals surface area contributed by atoms with Crippen LogP contribution in [-0.2, 0) is 6.42 Å². The van der Waals surface area contributed by atoms with E-state index in [1.54, 1.807) is 24.3 Å². The quantitative estimate of drug-likeness (QED) is 0.503. The second kappa shape index (κ2) is 7.19. The highest BCUT2D eigenvalue weighted by Gasteiger charge is 2.05. The van der Waals surface area contributed by atoms with E-state index in [1.165, 1.54) is 12.1 Å². The van der Waals surface area contributed by atoms with Gasteiger partial charge in [0, 0.05) is 24.2 Å². The standard InChI is InChI=1S/C16H16N2O3/c19-16(14-6-2-1-3-7-14)17-12-4-5-13-8-10-15(11-9-13)18(20)21/h1-3,6-11H,4-5,12H2,(H,17,19). The molecule has 2 aromatic rings. The monoisotopic (exact) mass is 284 g/mol. The highest BCUT2D eigenvalue weighted by atomic mass is 16.6. The molecule has 0 aliphatic rings. The van der Waals surface area contributed by atoms with E-state index in [0.29, 0.717) is 12.1 Å². The maximum atomic E-state index is 11.8. The van der Waals surface area contributed by atoms with Gasteiger partial charge in [-0.25, -0.2) is 0 Å². The number of nitrogens with zero attached hydrogens (tertiary/aromatic N) is 1. The molecule has 21 heavy (non-hydrogen) atoms. The van der Waals surface area contributed by atoms with Gasteiger partial charge in [-0.2, -0.15) is 0 Å². The Hall–Kier alpha value is -2.69. The Kier molecular flexibility index (Phi) is 5.04. The van der Waals surface area contributed by atoms with E-state index in [-0.39, 0.29) is 11.6 Å². The van der Waals surface area contributed by atoms with Crippen molar-refractivity contribution in [2.45, 2.75) is 12.8 Å². The maximum absolute atomic E-state index is 11.8. The lowest BCUT2D eigenvalue weighted by Gasteiger charge is -2.05. The average Bonchev–Trinajstić information content (AvgIpc) is 2.52. The van der Waals surface area contributed by atoms with Crippen LogP contribution < -0.4 is 5.32 Å². The summed E-state index contributed by atoms with van der Waals surface area (Å²) in [6.07, 6.45) is 1.56. The van der Waals surface area contributed by atoms with Gasteiger partial charge in [0.15, 0.2) is 0 Å². The van der Waals surface area contributed by atoms with Crippen LogP contribution in [0.25, 0.3) is 0 Å². The summed E-state index contributed by atoms with van der Waals surface area (Å²) in [6, 6.07) is 15.5. The molecule has 0 saturated carbocycles. The van der Waals surface area contributed by atoms with Gasteiger partial charge in [0.25, 0.3) is 11.6 Å². The Balaban J connectivity index is 1.75. The van der Waals surface area contributed by atoms with Gasteiger partial charge >= 0.3 is 0 Å². The van der Waals surface area contributed by atoms with Crippen molar-refractivity contribution >= 4 is 11.6 Å². The Labute approximate surface area is 122 Å². The van der Waals surface area contributed by atoms with E-state index in [2.05, 4.69) is 5.32 Å². The largest absolute Gasteiger partial charge is 0.352 e. The molecular weight excluding hydrogens is 268 g/mol. The zero-order valence-corrected chi connectivity index (χ0v) is 11.5. The molecule has 0 unspecified atom stereocenters. The summed E-state index contributed by atoms with van der Waals surface area (Å²) in [4.78, 5) is 21.9. The van der Waals surface area contributed by atoms with Crippen molar-refractivity contribution < 1.29 is 9.72 Å². The maximum Gasteiger partial charge on any atom is 0.269 e. The number of nitro benzene ring substituents is 1. The predicted molar refractivity (Wildman–Crippen MR) is 80.2 cm³/mol. The van der Waals surface area contributed by atoms with Gasteiger partial charge in [-0.15, -0.1) is 0 Å². The Morgan fingerprint density at radius 1 is 1.05 bits per heavy atom. The molecule has 108 valence electrons. The lowest BCUT2D eigenvalue weighted by Crippen LogP contribution is -2.24. The van der Waals surface area contributed by atoms with Crippen molar-refractivity contribution in [3.05, 3.63) is 75.8 Å². The van der Waals surface area contributed by atoms with E-state index in [4.69, 9.17) is 0 Å². The van der Waals surface area contributed by atoms with Gasteiger partial charge in [0.2, 0.25) is 0 Å². The molecule has 5 heteroatoms. The summed E-state index contributed by atoms with van der Waals surface area (Å²) < 4.78 is 0. The summed E-state index contributed by atoms with van der Waals surface area (Å²) in [5.74, 6) is -0.0840. The molecule has 2 rings (SSSR count). The highest BCUT2D eigenvalue weighted by Crippen LogP contribution is 2.12. The first-order chi connectivity index (χ1) is 10.2. The van der Waals surface area contributed by atoms with Gasteiger partial charge < -0.3 is 5.32 Å². The SMILES string of the molecule is O=C(NCCCc1ccc([N+](=O)[O-])cc1)c1ccccc1. The third-order valence-corrected chi connectivity index (χ3v) is 3.11. The lowest BCUT2D eigenvalue weighted by atomic mass is 10.1. The van der Waals surface area contributed by atoms with Crippen molar-refractivity contribution in [3.8, 4) is 0 Å². The molecule has 2 aromatic carbocycles. The predicted octanol–water partition coefficient (Wildman–Crippen LogP) is 2.96. The van der Waals surface area contributed by atoms with E-state index < -0.39 is 4.92 Å². The number of nitro groups is 1. The van der Waals surface area contributed by atoms with Crippen LogP contribution in [0.5, 0.6) is 0 Å². The van der Waals surface area contributed by atoms with Crippen molar-refractivity contribution in [3.63, 3.8) is 0 Å². The van der Waals surface area contributed by atoms with Gasteiger partial charge in [-0.1, -0.05) is 30.3 Å². The molecule has 0 fully saturated rings. The molecule has 0 aromatic heterocycles. The van der Waals surface area contributed by atoms with Crippen LogP contribution in [0.1, 0.15) is 22.3 Å². The zero-order chi connectivity index (χ0) is 15.1. The fourth-order valence-electron chi connectivity index (χ4n) is 1.97. The molecule has 1 N–H and O–H groups in total. The number of carbonyl (C=O) groups excluding carboxylic acids is 1. The minimum absolute atomic E-state index is 0.0840. The molecule has 0 bridgehead atoms. The Bertz CT molecular complexity index is 609. The average molecular weight is 284 g/mol. The molecule has 0 heterocycles. The number of hydrogen-bond donors (Lipinski definition) is 1. The summed E-state index contributed by atoms with van der Waals surface area (Å²) in [6.45, 7) is 0.574. The second-order valence-electron chi connectivity index (χ2n) is 4.65. The van der Waals surface area contributed by atoms with E-state index >= 15 is 0 Å². The zero-order valence-electron chi connectivity index (χ0n) is 11.5. The van der Waals surface area contributed by atoms with E-state index in [9.17, 15) is 14.9 Å². The van der Waals surface area contributed by atoms with Crippen LogP contribution in [0.2, 0.25) is 0 Å². The van der Waals surface area contributed by atoms with Crippen LogP contribution in [0.3, 0.4) is 0 Å². The van der Waals surface area contributed by atoms with Crippen LogP contribution in [0.15, 0.2) is 54.6 Å². The summed E-state index contributed by atoms with van der Waals surface area (Å²) >= 11 is 0. The minimum atomic E-state index is -0.413. The second-order valence-corrected chi connectivity index (χ2v) is 4.65. The fraction of sp³-hybridized carbons (Fsp3) is 0.188. The first-order valence-corrected chi connectivity index (χ1v) is 6.73. The number of non-ortho nitro benzene ring substituents is 1. The first-order valence-electron chi connectivity index (χ1n) is 6.73. The highest BCUT2D eigenvalue weighted by molar-refractivity contribution is 5.94. The van der Waals surface area contributed by atoms with Gasteiger partial charge in [0.05, 0.1) is 4.92 Å². The van der Waals surface area contributed by atoms with Crippen molar-refractivity contribution in [2.24, 2.45) is 0 Å². The molecule has 0 atom stereocenters. The first kappa shape index (κ1) is 14.7. The number of hydrogen-bond acceptors (Lipinski definition) is 3. The number of benzene rings is 2. The number of carbonyl (C=O) groups is 1. The molecular formula is C16H16N2O3. The van der Waals surface area contributed by atoms with E-state index in [1.807, 2.05) is 18.2 Å². The topological polar surface area (TPSA) is 72.2 Å². The fourth-order valence-corrected chi connectivity index (χ4v) is 1.97. The van der Waals surface area contributed by atoms with Crippen molar-refractivity contribution in [1.29, 1.82) is 0 Å². The number of rotatable bonds is 6. The molecule has 0 aliphatic heterocycles. The molecule has 0 radical (unpaired) electrons. The minimum Gasteiger partial charge on any atom is -0.352 e. The summed E-state index contributed by atoms with van der Waals surface area (Å²) in [7, 11) is 0. The van der Waals surface area contributed by atoms with Gasteiger partial charge in [-0.05, 0) is 30.5 Å². The number of aryl methyl sites for hydroxylation is 1. The van der Waals surface area contributed by atoms with Crippen molar-refractivity contribution in [2.75, 3.05) is 6.54 Å². The smallest absolute Gasteiger partial charge is 0.269 e. The molecule has 0 aliphatic carbocycles. The Morgan fingerprint density at radius 3 is 2.33 bits per heavy atom. The van der Waals surface area contributed by atoms with Crippen LogP contribution >= 0.6 is 0 Å². The summed E-state index contributed by atoms with van der Waals surface area (Å²) in [5, 5.41) is 13.4. The molecule has 0 saturated heterocycles. The summed E-state index contributed by atoms with van der Waals surface area (Å²) in [5.41, 5.74) is 1.76. The number of amides is 1. The number of nitrogens with one attached hydrogen (secondary N) is 1. The molecule has 5 nitrogen and oxygen atoms in total. The normalized spacial score (nSPS) is 10.1. The lowest BCUT2D eigenvalue weighted by molar-refractivity contribution is -0.384. The molecule has 0 spiro atoms. The van der Waals surface area contributed by atoms with Crippen LogP contribution in [0.4, 0.5) is 5.69 Å². The third kappa shape index (κ3) is 4.42. The third-order valence-electron chi connectivity index (χ3n) is 3.11. The Morgan fingerprint density at radius 2 is 1.71 bits per heavy atom. The van der Waals surface area contributed by atoms with Gasteiger partial charge in [-0.3, -0.25) is 14.9 Å². The van der Waals surface area contributed by atoms with Crippen LogP contribution in [0, 0.1) is 10.1 Å². The molecule has 1 amide bonds. The van der Waals surface area contributed by atoms with Crippen molar-refractivity contribution in [1.82, 2.24) is 5.32 Å². The van der Waals surface area contributed by atoms with E-state index in [0.717, 1.165) is 18.4 Å². The van der Waals surface area contributed by atoms with Crippen LogP contribution in [-0.4, -0.2) is 17.4 Å².